The van der Waals surface area contributed by atoms with Crippen molar-refractivity contribution in [3.8, 4) is 5.75 Å². The second-order valence-electron chi connectivity index (χ2n) is 8.90. The van der Waals surface area contributed by atoms with Gasteiger partial charge >= 0.3 is 0 Å². The Hall–Kier alpha value is -1.88. The SMILES string of the molecule is CN(C)C(=O)CN=C(NCCc1csc(C(C)(C)C)n1)NC1CCOc2ccccc21.I. The van der Waals surface area contributed by atoms with Gasteiger partial charge in [0.2, 0.25) is 5.91 Å². The molecule has 176 valence electrons. The Bertz CT molecular complexity index is 923. The quantitative estimate of drug-likeness (QED) is 0.314. The Morgan fingerprint density at radius 3 is 2.75 bits per heavy atom. The Morgan fingerprint density at radius 1 is 1.31 bits per heavy atom. The number of fused-ring (bicyclic) bond motifs is 1. The third-order valence-electron chi connectivity index (χ3n) is 5.01. The number of hydrogen-bond acceptors (Lipinski definition) is 5. The van der Waals surface area contributed by atoms with Crippen LogP contribution in [0.5, 0.6) is 5.75 Å². The number of amides is 1. The number of nitrogens with zero attached hydrogens (tertiary/aromatic N) is 3. The topological polar surface area (TPSA) is 78.9 Å². The van der Waals surface area contributed by atoms with Crippen LogP contribution in [0, 0.1) is 0 Å². The number of ether oxygens (including phenoxy) is 1. The minimum Gasteiger partial charge on any atom is -0.493 e. The van der Waals surface area contributed by atoms with Gasteiger partial charge in [0, 0.05) is 49.8 Å². The number of aliphatic imine (C=N–C) groups is 1. The summed E-state index contributed by atoms with van der Waals surface area (Å²) in [6.07, 6.45) is 1.62. The van der Waals surface area contributed by atoms with E-state index in [0.717, 1.165) is 34.9 Å². The van der Waals surface area contributed by atoms with E-state index in [4.69, 9.17) is 9.72 Å². The molecule has 1 unspecified atom stereocenters. The molecule has 1 amide bonds. The highest BCUT2D eigenvalue weighted by Gasteiger charge is 2.22. The van der Waals surface area contributed by atoms with Crippen molar-refractivity contribution in [1.82, 2.24) is 20.5 Å². The number of thiazole rings is 1. The lowest BCUT2D eigenvalue weighted by Gasteiger charge is -2.28. The lowest BCUT2D eigenvalue weighted by atomic mass is 9.98. The minimum atomic E-state index is -0.0391. The second-order valence-corrected chi connectivity index (χ2v) is 9.75. The van der Waals surface area contributed by atoms with Crippen LogP contribution in [0.25, 0.3) is 0 Å². The summed E-state index contributed by atoms with van der Waals surface area (Å²) < 4.78 is 5.77. The first-order chi connectivity index (χ1) is 14.7. The van der Waals surface area contributed by atoms with Crippen LogP contribution in [0.2, 0.25) is 0 Å². The van der Waals surface area contributed by atoms with Gasteiger partial charge in [-0.3, -0.25) is 4.79 Å². The average molecular weight is 572 g/mol. The van der Waals surface area contributed by atoms with Crippen molar-refractivity contribution >= 4 is 47.2 Å². The van der Waals surface area contributed by atoms with Gasteiger partial charge in [0.1, 0.15) is 12.3 Å². The number of para-hydroxylation sites is 1. The maximum Gasteiger partial charge on any atom is 0.243 e. The molecule has 0 spiro atoms. The van der Waals surface area contributed by atoms with Crippen molar-refractivity contribution in [2.24, 2.45) is 4.99 Å². The van der Waals surface area contributed by atoms with Gasteiger partial charge in [0.25, 0.3) is 0 Å². The zero-order chi connectivity index (χ0) is 22.4. The number of rotatable bonds is 6. The van der Waals surface area contributed by atoms with Crippen LogP contribution in [-0.4, -0.2) is 55.5 Å². The molecule has 9 heteroatoms. The average Bonchev–Trinajstić information content (AvgIpc) is 3.21. The van der Waals surface area contributed by atoms with Gasteiger partial charge in [-0.05, 0) is 6.07 Å². The summed E-state index contributed by atoms with van der Waals surface area (Å²) in [6, 6.07) is 8.12. The molecule has 3 rings (SSSR count). The summed E-state index contributed by atoms with van der Waals surface area (Å²) in [5, 5.41) is 10.1. The third-order valence-corrected chi connectivity index (χ3v) is 6.32. The van der Waals surface area contributed by atoms with Crippen LogP contribution in [-0.2, 0) is 16.6 Å². The number of hydrogen-bond donors (Lipinski definition) is 2. The number of carbonyl (C=O) groups excluding carboxylic acids is 1. The van der Waals surface area contributed by atoms with Gasteiger partial charge in [-0.2, -0.15) is 0 Å². The Morgan fingerprint density at radius 2 is 2.06 bits per heavy atom. The predicted octanol–water partition coefficient (Wildman–Crippen LogP) is 3.75. The van der Waals surface area contributed by atoms with Gasteiger partial charge in [-0.15, -0.1) is 35.3 Å². The molecule has 2 heterocycles. The van der Waals surface area contributed by atoms with E-state index in [9.17, 15) is 4.79 Å². The number of aromatic nitrogens is 1. The van der Waals surface area contributed by atoms with Crippen molar-refractivity contribution < 1.29 is 9.53 Å². The zero-order valence-electron chi connectivity index (χ0n) is 19.5. The van der Waals surface area contributed by atoms with Gasteiger partial charge < -0.3 is 20.3 Å². The molecule has 0 fully saturated rings. The number of likely N-dealkylation sites (N-methyl/N-ethyl adjacent to an activating group) is 1. The summed E-state index contributed by atoms with van der Waals surface area (Å²) in [5.74, 6) is 1.48. The summed E-state index contributed by atoms with van der Waals surface area (Å²) in [5.41, 5.74) is 2.24. The van der Waals surface area contributed by atoms with Crippen molar-refractivity contribution in [1.29, 1.82) is 0 Å². The smallest absolute Gasteiger partial charge is 0.243 e. The fraction of sp³-hybridized carbons (Fsp3) is 0.522. The molecule has 0 radical (unpaired) electrons. The lowest BCUT2D eigenvalue weighted by molar-refractivity contribution is -0.127. The molecule has 32 heavy (non-hydrogen) atoms. The molecular weight excluding hydrogens is 537 g/mol. The van der Waals surface area contributed by atoms with Crippen molar-refractivity contribution in [3.63, 3.8) is 0 Å². The van der Waals surface area contributed by atoms with E-state index in [0.29, 0.717) is 19.1 Å². The van der Waals surface area contributed by atoms with E-state index in [1.165, 1.54) is 0 Å². The largest absolute Gasteiger partial charge is 0.493 e. The van der Waals surface area contributed by atoms with E-state index in [2.05, 4.69) is 47.8 Å². The maximum atomic E-state index is 12.1. The van der Waals surface area contributed by atoms with Gasteiger partial charge in [-0.1, -0.05) is 39.0 Å². The fourth-order valence-corrected chi connectivity index (χ4v) is 4.11. The van der Waals surface area contributed by atoms with Crippen LogP contribution >= 0.6 is 35.3 Å². The molecule has 2 N–H and O–H groups in total. The molecule has 1 aliphatic rings. The van der Waals surface area contributed by atoms with Crippen molar-refractivity contribution in [3.05, 3.63) is 45.9 Å². The highest BCUT2D eigenvalue weighted by atomic mass is 127. The summed E-state index contributed by atoms with van der Waals surface area (Å²) in [6.45, 7) is 7.95. The van der Waals surface area contributed by atoms with E-state index in [1.807, 2.05) is 18.2 Å². The highest BCUT2D eigenvalue weighted by Crippen LogP contribution is 2.31. The molecule has 7 nitrogen and oxygen atoms in total. The molecule has 1 atom stereocenters. The molecule has 1 aliphatic heterocycles. The van der Waals surface area contributed by atoms with Crippen LogP contribution in [0.4, 0.5) is 0 Å². The molecule has 1 aromatic heterocycles. The Kier molecular flexibility index (Phi) is 9.75. The second kappa shape index (κ2) is 11.8. The number of guanidine groups is 1. The third kappa shape index (κ3) is 7.33. The maximum absolute atomic E-state index is 12.1. The number of carbonyl (C=O) groups is 1. The Balaban J connectivity index is 0.00000363. The van der Waals surface area contributed by atoms with Gasteiger partial charge in [0.05, 0.1) is 23.4 Å². The van der Waals surface area contributed by atoms with Gasteiger partial charge in [-0.25, -0.2) is 9.98 Å². The summed E-state index contributed by atoms with van der Waals surface area (Å²) >= 11 is 1.70. The number of benzene rings is 1. The fourth-order valence-electron chi connectivity index (χ4n) is 3.17. The highest BCUT2D eigenvalue weighted by molar-refractivity contribution is 14.0. The monoisotopic (exact) mass is 571 g/mol. The normalized spacial score (nSPS) is 15.8. The molecule has 0 saturated heterocycles. The van der Waals surface area contributed by atoms with E-state index in [-0.39, 0.29) is 47.9 Å². The van der Waals surface area contributed by atoms with Crippen LogP contribution < -0.4 is 15.4 Å². The molecular formula is C23H34IN5O2S. The van der Waals surface area contributed by atoms with E-state index < -0.39 is 0 Å². The molecule has 2 aromatic rings. The van der Waals surface area contributed by atoms with Crippen molar-refractivity contribution in [2.75, 3.05) is 33.8 Å². The molecule has 0 saturated carbocycles. The molecule has 0 bridgehead atoms. The standard InChI is InChI=1S/C23H33N5O2S.HI/c1-23(2,3)21-26-16(15-31-21)10-12-24-22(25-14-20(29)28(4)5)27-18-11-13-30-19-9-7-6-8-17(18)19;/h6-9,15,18H,10-14H2,1-5H3,(H2,24,25,27);1H. The first kappa shape index (κ1) is 26.4. The van der Waals surface area contributed by atoms with Crippen molar-refractivity contribution in [2.45, 2.75) is 45.1 Å². The zero-order valence-corrected chi connectivity index (χ0v) is 22.6. The number of nitrogens with one attached hydrogen (secondary N) is 2. The summed E-state index contributed by atoms with van der Waals surface area (Å²) in [7, 11) is 3.48. The van der Waals surface area contributed by atoms with Gasteiger partial charge in [0.15, 0.2) is 5.96 Å². The Labute approximate surface area is 212 Å². The summed E-state index contributed by atoms with van der Waals surface area (Å²) in [4.78, 5) is 22.9. The first-order valence-corrected chi connectivity index (χ1v) is 11.5. The molecule has 1 aromatic carbocycles. The van der Waals surface area contributed by atoms with Crippen LogP contribution in [0.1, 0.15) is 49.5 Å². The number of halogens is 1. The first-order valence-electron chi connectivity index (χ1n) is 10.7. The minimum absolute atomic E-state index is 0. The van der Waals surface area contributed by atoms with Crippen LogP contribution in [0.3, 0.4) is 0 Å². The van der Waals surface area contributed by atoms with E-state index in [1.54, 1.807) is 30.3 Å². The van der Waals surface area contributed by atoms with Crippen LogP contribution in [0.15, 0.2) is 34.6 Å². The lowest BCUT2D eigenvalue weighted by Crippen LogP contribution is -2.42. The van der Waals surface area contributed by atoms with E-state index >= 15 is 0 Å². The predicted molar refractivity (Wildman–Crippen MR) is 141 cm³/mol. The molecule has 0 aliphatic carbocycles.